The van der Waals surface area contributed by atoms with E-state index in [4.69, 9.17) is 5.11 Å². The van der Waals surface area contributed by atoms with Crippen LogP contribution in [0.15, 0.2) is 12.4 Å². The van der Waals surface area contributed by atoms with E-state index in [1.54, 1.807) is 19.3 Å². The molecule has 0 aliphatic rings. The topological polar surface area (TPSA) is 127 Å². The van der Waals surface area contributed by atoms with Crippen LogP contribution in [0.1, 0.15) is 25.5 Å². The second-order valence-electron chi connectivity index (χ2n) is 4.16. The molecule has 8 nitrogen and oxygen atoms in total. The van der Waals surface area contributed by atoms with Crippen molar-refractivity contribution in [2.24, 2.45) is 0 Å². The maximum absolute atomic E-state index is 11.5. The molecule has 0 fully saturated rings. The van der Waals surface area contributed by atoms with Crippen LogP contribution in [-0.4, -0.2) is 44.6 Å². The van der Waals surface area contributed by atoms with E-state index < -0.39 is 17.6 Å². The van der Waals surface area contributed by atoms with Crippen LogP contribution < -0.4 is 10.6 Å². The van der Waals surface area contributed by atoms with Gasteiger partial charge >= 0.3 is 12.0 Å². The summed E-state index contributed by atoms with van der Waals surface area (Å²) in [7, 11) is 0. The van der Waals surface area contributed by atoms with Crippen molar-refractivity contribution in [3.8, 4) is 0 Å². The van der Waals surface area contributed by atoms with E-state index in [2.05, 4.69) is 20.8 Å². The quantitative estimate of drug-likeness (QED) is 0.490. The van der Waals surface area contributed by atoms with Crippen LogP contribution in [0.3, 0.4) is 0 Å². The molecule has 100 valence electrons. The van der Waals surface area contributed by atoms with Crippen molar-refractivity contribution in [3.05, 3.63) is 18.0 Å². The van der Waals surface area contributed by atoms with Gasteiger partial charge in [0, 0.05) is 11.8 Å². The molecule has 2 atom stereocenters. The van der Waals surface area contributed by atoms with Gasteiger partial charge in [-0.05, 0) is 13.8 Å². The third-order valence-electron chi connectivity index (χ3n) is 2.42. The fraction of sp³-hybridized carbons (Fsp3) is 0.500. The fourth-order valence-electron chi connectivity index (χ4n) is 1.16. The molecule has 0 aromatic carbocycles. The lowest BCUT2D eigenvalue weighted by Gasteiger charge is -2.19. The molecule has 0 bridgehead atoms. The number of aromatic nitrogens is 2. The smallest absolute Gasteiger partial charge is 0.337 e. The van der Waals surface area contributed by atoms with Crippen LogP contribution >= 0.6 is 0 Å². The predicted molar refractivity (Wildman–Crippen MR) is 61.8 cm³/mol. The second-order valence-corrected chi connectivity index (χ2v) is 4.16. The summed E-state index contributed by atoms with van der Waals surface area (Å²) in [5, 5.41) is 29.3. The molecular formula is C10H16N4O4. The van der Waals surface area contributed by atoms with Crippen molar-refractivity contribution in [1.29, 1.82) is 0 Å². The number of aliphatic hydroxyl groups is 1. The molecule has 2 amide bonds. The van der Waals surface area contributed by atoms with E-state index in [0.717, 1.165) is 12.5 Å². The van der Waals surface area contributed by atoms with E-state index >= 15 is 0 Å². The van der Waals surface area contributed by atoms with Crippen molar-refractivity contribution in [3.63, 3.8) is 0 Å². The highest BCUT2D eigenvalue weighted by Crippen LogP contribution is 2.08. The molecule has 0 radical (unpaired) electrons. The number of urea groups is 1. The van der Waals surface area contributed by atoms with Crippen LogP contribution in [-0.2, 0) is 4.79 Å². The Bertz CT molecular complexity index is 416. The average molecular weight is 256 g/mol. The Balaban J connectivity index is 2.41. The number of hydrogen-bond acceptors (Lipinski definition) is 4. The SMILES string of the molecule is CC(NC(=O)NCC(C)(O)C(=O)O)c1cn[nH]c1. The summed E-state index contributed by atoms with van der Waals surface area (Å²) in [5.41, 5.74) is -1.20. The van der Waals surface area contributed by atoms with E-state index in [1.165, 1.54) is 0 Å². The molecule has 5 N–H and O–H groups in total. The zero-order chi connectivity index (χ0) is 13.8. The molecule has 0 saturated carbocycles. The number of carbonyl (C=O) groups excluding carboxylic acids is 1. The molecular weight excluding hydrogens is 240 g/mol. The normalized spacial score (nSPS) is 15.5. The van der Waals surface area contributed by atoms with Gasteiger partial charge in [-0.2, -0.15) is 5.10 Å². The maximum atomic E-state index is 11.5. The minimum absolute atomic E-state index is 0.279. The number of amides is 2. The van der Waals surface area contributed by atoms with Gasteiger partial charge in [0.15, 0.2) is 5.60 Å². The van der Waals surface area contributed by atoms with E-state index in [0.29, 0.717) is 0 Å². The Hall–Kier alpha value is -2.09. The van der Waals surface area contributed by atoms with Gasteiger partial charge < -0.3 is 20.8 Å². The number of nitrogens with zero attached hydrogens (tertiary/aromatic N) is 1. The van der Waals surface area contributed by atoms with E-state index in [-0.39, 0.29) is 12.6 Å². The van der Waals surface area contributed by atoms with Gasteiger partial charge in [-0.1, -0.05) is 0 Å². The van der Waals surface area contributed by atoms with Gasteiger partial charge in [0.2, 0.25) is 0 Å². The third kappa shape index (κ3) is 3.74. The number of nitrogens with one attached hydrogen (secondary N) is 3. The number of carboxylic acids is 1. The maximum Gasteiger partial charge on any atom is 0.337 e. The van der Waals surface area contributed by atoms with Crippen molar-refractivity contribution >= 4 is 12.0 Å². The molecule has 0 spiro atoms. The van der Waals surface area contributed by atoms with Crippen molar-refractivity contribution in [2.75, 3.05) is 6.54 Å². The summed E-state index contributed by atoms with van der Waals surface area (Å²) >= 11 is 0. The fourth-order valence-corrected chi connectivity index (χ4v) is 1.16. The molecule has 1 aromatic heterocycles. The van der Waals surface area contributed by atoms with E-state index in [1.807, 2.05) is 0 Å². The number of aromatic amines is 1. The Morgan fingerprint density at radius 1 is 1.61 bits per heavy atom. The Kier molecular flexibility index (Phi) is 4.27. The van der Waals surface area contributed by atoms with E-state index in [9.17, 15) is 14.7 Å². The molecule has 1 rings (SSSR count). The number of rotatable bonds is 5. The van der Waals surface area contributed by atoms with Crippen LogP contribution in [0.2, 0.25) is 0 Å². The number of aliphatic carboxylic acids is 1. The minimum Gasteiger partial charge on any atom is -0.479 e. The zero-order valence-electron chi connectivity index (χ0n) is 10.1. The molecule has 8 heteroatoms. The highest BCUT2D eigenvalue weighted by molar-refractivity contribution is 5.79. The summed E-state index contributed by atoms with van der Waals surface area (Å²) in [6.45, 7) is 2.47. The van der Waals surface area contributed by atoms with Gasteiger partial charge in [0.1, 0.15) is 0 Å². The molecule has 2 unspecified atom stereocenters. The lowest BCUT2D eigenvalue weighted by atomic mass is 10.1. The second kappa shape index (κ2) is 5.50. The summed E-state index contributed by atoms with van der Waals surface area (Å²) in [6.07, 6.45) is 3.21. The summed E-state index contributed by atoms with van der Waals surface area (Å²) in [5.74, 6) is -1.40. The van der Waals surface area contributed by atoms with Crippen molar-refractivity contribution in [1.82, 2.24) is 20.8 Å². The monoisotopic (exact) mass is 256 g/mol. The van der Waals surface area contributed by atoms with Crippen molar-refractivity contribution < 1.29 is 19.8 Å². The lowest BCUT2D eigenvalue weighted by Crippen LogP contribution is -2.49. The Morgan fingerprint density at radius 3 is 2.78 bits per heavy atom. The lowest BCUT2D eigenvalue weighted by molar-refractivity contribution is -0.155. The highest BCUT2D eigenvalue weighted by Gasteiger charge is 2.30. The summed E-state index contributed by atoms with van der Waals surface area (Å²) in [4.78, 5) is 22.1. The Morgan fingerprint density at radius 2 is 2.28 bits per heavy atom. The number of H-pyrrole nitrogens is 1. The van der Waals surface area contributed by atoms with Crippen LogP contribution in [0.4, 0.5) is 4.79 Å². The average Bonchev–Trinajstić information content (AvgIpc) is 2.79. The van der Waals surface area contributed by atoms with Gasteiger partial charge in [-0.15, -0.1) is 0 Å². The van der Waals surface area contributed by atoms with Gasteiger partial charge in [-0.25, -0.2) is 9.59 Å². The molecule has 1 heterocycles. The molecule has 18 heavy (non-hydrogen) atoms. The van der Waals surface area contributed by atoms with Crippen LogP contribution in [0.25, 0.3) is 0 Å². The molecule has 0 saturated heterocycles. The zero-order valence-corrected chi connectivity index (χ0v) is 10.1. The summed E-state index contributed by atoms with van der Waals surface area (Å²) < 4.78 is 0. The van der Waals surface area contributed by atoms with Crippen LogP contribution in [0, 0.1) is 0 Å². The van der Waals surface area contributed by atoms with Gasteiger partial charge in [0.25, 0.3) is 0 Å². The molecule has 0 aliphatic heterocycles. The van der Waals surface area contributed by atoms with Crippen molar-refractivity contribution in [2.45, 2.75) is 25.5 Å². The summed E-state index contributed by atoms with van der Waals surface area (Å²) in [6, 6.07) is -0.844. The third-order valence-corrected chi connectivity index (χ3v) is 2.42. The first-order valence-corrected chi connectivity index (χ1v) is 5.32. The van der Waals surface area contributed by atoms with Crippen LogP contribution in [0.5, 0.6) is 0 Å². The largest absolute Gasteiger partial charge is 0.479 e. The van der Waals surface area contributed by atoms with Gasteiger partial charge in [-0.3, -0.25) is 5.10 Å². The Labute approximate surface area is 103 Å². The first kappa shape index (κ1) is 14.0. The highest BCUT2D eigenvalue weighted by atomic mass is 16.4. The number of hydrogen-bond donors (Lipinski definition) is 5. The molecule has 1 aromatic rings. The predicted octanol–water partition coefficient (Wildman–Crippen LogP) is -0.394. The first-order valence-electron chi connectivity index (χ1n) is 5.32. The number of carbonyl (C=O) groups is 2. The molecule has 0 aliphatic carbocycles. The standard InChI is InChI=1S/C10H16N4O4/c1-6(7-3-12-13-4-7)14-9(17)11-5-10(2,18)8(15)16/h3-4,6,18H,5H2,1-2H3,(H,12,13)(H,15,16)(H2,11,14,17). The first-order chi connectivity index (χ1) is 8.33. The minimum atomic E-state index is -1.99. The number of carboxylic acid groups (broad SMARTS) is 1. The van der Waals surface area contributed by atoms with Gasteiger partial charge in [0.05, 0.1) is 18.8 Å².